The summed E-state index contributed by atoms with van der Waals surface area (Å²) in [4.78, 5) is 27.5. The van der Waals surface area contributed by atoms with Gasteiger partial charge in [-0.05, 0) is 82.9 Å². The lowest BCUT2D eigenvalue weighted by molar-refractivity contribution is -0.116. The molecule has 0 radical (unpaired) electrons. The number of hydrogen-bond donors (Lipinski definition) is 0. The Morgan fingerprint density at radius 3 is 2.75 bits per heavy atom. The molecule has 0 atom stereocenters. The van der Waals surface area contributed by atoms with E-state index in [4.69, 9.17) is 14.9 Å². The number of aryl methyl sites for hydroxylation is 3. The van der Waals surface area contributed by atoms with Crippen LogP contribution in [0.2, 0.25) is 0 Å². The van der Waals surface area contributed by atoms with E-state index < -0.39 is 0 Å². The third-order valence-corrected chi connectivity index (χ3v) is 7.16. The Labute approximate surface area is 214 Å². The van der Waals surface area contributed by atoms with Gasteiger partial charge in [-0.3, -0.25) is 9.78 Å². The van der Waals surface area contributed by atoms with Crippen LogP contribution in [0.1, 0.15) is 53.9 Å². The SMILES string of the molecule is CC(=O)Cc1nc2c(s1)-c1c(c(-c3ccc(C)nc3)nn1-c1ccc(/C=N\OC(C)C)cc1C)CC2. The van der Waals surface area contributed by atoms with E-state index in [0.717, 1.165) is 67.9 Å². The van der Waals surface area contributed by atoms with E-state index >= 15 is 0 Å². The zero-order valence-electron chi connectivity index (χ0n) is 21.2. The molecule has 0 unspecified atom stereocenters. The number of Topliss-reactive ketones (excluding diaryl/α,β-unsaturated/α-hetero) is 1. The average molecular weight is 500 g/mol. The molecule has 0 fully saturated rings. The Bertz CT molecular complexity index is 1460. The van der Waals surface area contributed by atoms with Crippen molar-refractivity contribution in [1.82, 2.24) is 19.7 Å². The van der Waals surface area contributed by atoms with Crippen LogP contribution in [0.4, 0.5) is 0 Å². The van der Waals surface area contributed by atoms with Crippen LogP contribution in [-0.4, -0.2) is 37.9 Å². The lowest BCUT2D eigenvalue weighted by Gasteiger charge is -2.15. The largest absolute Gasteiger partial charge is 0.393 e. The number of aromatic nitrogens is 4. The van der Waals surface area contributed by atoms with E-state index in [2.05, 4.69) is 35.3 Å². The van der Waals surface area contributed by atoms with Crippen molar-refractivity contribution >= 4 is 23.3 Å². The lowest BCUT2D eigenvalue weighted by Crippen LogP contribution is -2.07. The van der Waals surface area contributed by atoms with Crippen LogP contribution in [0.15, 0.2) is 41.7 Å². The molecule has 3 aromatic heterocycles. The topological polar surface area (TPSA) is 82.3 Å². The maximum absolute atomic E-state index is 11.8. The van der Waals surface area contributed by atoms with Crippen molar-refractivity contribution < 1.29 is 9.63 Å². The van der Waals surface area contributed by atoms with Crippen LogP contribution in [0, 0.1) is 13.8 Å². The first-order chi connectivity index (χ1) is 17.3. The number of ketones is 1. The number of nitrogens with zero attached hydrogens (tertiary/aromatic N) is 5. The summed E-state index contributed by atoms with van der Waals surface area (Å²) in [5, 5.41) is 10.1. The summed E-state index contributed by atoms with van der Waals surface area (Å²) in [5.74, 6) is 0.121. The van der Waals surface area contributed by atoms with Crippen LogP contribution in [0.3, 0.4) is 0 Å². The van der Waals surface area contributed by atoms with Crippen LogP contribution in [0.5, 0.6) is 0 Å². The molecule has 0 amide bonds. The second-order valence-electron chi connectivity index (χ2n) is 9.47. The van der Waals surface area contributed by atoms with E-state index in [1.165, 1.54) is 5.56 Å². The summed E-state index contributed by atoms with van der Waals surface area (Å²) in [6, 6.07) is 10.3. The van der Waals surface area contributed by atoms with Gasteiger partial charge in [-0.2, -0.15) is 5.10 Å². The molecule has 7 nitrogen and oxygen atoms in total. The van der Waals surface area contributed by atoms with Crippen molar-refractivity contribution in [1.29, 1.82) is 0 Å². The zero-order chi connectivity index (χ0) is 25.4. The monoisotopic (exact) mass is 499 g/mol. The highest BCUT2D eigenvalue weighted by Gasteiger charge is 2.30. The number of rotatable bonds is 7. The minimum absolute atomic E-state index is 0.0356. The van der Waals surface area contributed by atoms with Gasteiger partial charge >= 0.3 is 0 Å². The Hall–Kier alpha value is -3.65. The number of oxime groups is 1. The fourth-order valence-corrected chi connectivity index (χ4v) is 5.67. The molecule has 0 N–H and O–H groups in total. The Kier molecular flexibility index (Phi) is 6.53. The zero-order valence-corrected chi connectivity index (χ0v) is 22.0. The maximum Gasteiger partial charge on any atom is 0.136 e. The maximum atomic E-state index is 11.8. The molecule has 1 aromatic carbocycles. The predicted octanol–water partition coefficient (Wildman–Crippen LogP) is 5.66. The van der Waals surface area contributed by atoms with Gasteiger partial charge < -0.3 is 4.84 Å². The summed E-state index contributed by atoms with van der Waals surface area (Å²) in [6.07, 6.45) is 5.69. The molecule has 184 valence electrons. The second kappa shape index (κ2) is 9.78. The first kappa shape index (κ1) is 24.1. The van der Waals surface area contributed by atoms with E-state index in [9.17, 15) is 4.79 Å². The number of carbonyl (C=O) groups excluding carboxylic acids is 1. The Balaban J connectivity index is 1.65. The van der Waals surface area contributed by atoms with Crippen LogP contribution in [0.25, 0.3) is 27.5 Å². The van der Waals surface area contributed by atoms with Gasteiger partial charge in [-0.1, -0.05) is 11.2 Å². The third kappa shape index (κ3) is 4.73. The Morgan fingerprint density at radius 1 is 1.22 bits per heavy atom. The standard InChI is InChI=1S/C28H29N5O2S/c1-16(2)35-30-14-20-7-11-24(17(3)12-20)33-27-22(26(32-33)21-8-6-18(4)29-15-21)9-10-23-28(27)36-25(31-23)13-19(5)34/h6-8,11-12,14-16H,9-10,13H2,1-5H3/b30-14-. The molecule has 0 aliphatic heterocycles. The molecule has 0 bridgehead atoms. The minimum atomic E-state index is 0.0356. The van der Waals surface area contributed by atoms with Crippen molar-refractivity contribution in [2.24, 2.45) is 5.16 Å². The summed E-state index contributed by atoms with van der Waals surface area (Å²) in [6.45, 7) is 9.57. The van der Waals surface area contributed by atoms with Gasteiger partial charge in [0, 0.05) is 23.0 Å². The number of pyridine rings is 1. The van der Waals surface area contributed by atoms with Crippen molar-refractivity contribution in [2.45, 2.75) is 60.0 Å². The van der Waals surface area contributed by atoms with E-state index in [0.29, 0.717) is 6.42 Å². The third-order valence-electron chi connectivity index (χ3n) is 6.06. The summed E-state index contributed by atoms with van der Waals surface area (Å²) in [5.41, 5.74) is 9.25. The molecule has 1 aliphatic carbocycles. The number of fused-ring (bicyclic) bond motifs is 3. The highest BCUT2D eigenvalue weighted by Crippen LogP contribution is 2.43. The molecular weight excluding hydrogens is 470 g/mol. The smallest absolute Gasteiger partial charge is 0.136 e. The van der Waals surface area contributed by atoms with Crippen LogP contribution in [-0.2, 0) is 28.9 Å². The fourth-order valence-electron chi connectivity index (χ4n) is 4.43. The normalized spacial score (nSPS) is 12.7. The van der Waals surface area contributed by atoms with E-state index in [-0.39, 0.29) is 11.9 Å². The predicted molar refractivity (Wildman–Crippen MR) is 143 cm³/mol. The van der Waals surface area contributed by atoms with Gasteiger partial charge in [0.05, 0.1) is 40.3 Å². The second-order valence-corrected chi connectivity index (χ2v) is 10.6. The summed E-state index contributed by atoms with van der Waals surface area (Å²) in [7, 11) is 0. The van der Waals surface area contributed by atoms with Crippen LogP contribution < -0.4 is 0 Å². The molecule has 0 saturated carbocycles. The molecule has 8 heteroatoms. The fraction of sp³-hybridized carbons (Fsp3) is 0.321. The lowest BCUT2D eigenvalue weighted by atomic mass is 9.95. The minimum Gasteiger partial charge on any atom is -0.393 e. The van der Waals surface area contributed by atoms with Gasteiger partial charge in [0.2, 0.25) is 0 Å². The summed E-state index contributed by atoms with van der Waals surface area (Å²) >= 11 is 1.60. The number of thiazole rings is 1. The molecular formula is C28H29N5O2S. The van der Waals surface area contributed by atoms with Crippen LogP contribution >= 0.6 is 11.3 Å². The number of hydrogen-bond acceptors (Lipinski definition) is 7. The number of benzene rings is 1. The molecule has 4 aromatic rings. The van der Waals surface area contributed by atoms with Crippen molar-refractivity contribution in [3.63, 3.8) is 0 Å². The van der Waals surface area contributed by atoms with Gasteiger partial charge in [0.1, 0.15) is 16.9 Å². The molecule has 1 aliphatic rings. The highest BCUT2D eigenvalue weighted by atomic mass is 32.1. The van der Waals surface area contributed by atoms with Gasteiger partial charge in [-0.25, -0.2) is 9.67 Å². The van der Waals surface area contributed by atoms with Crippen molar-refractivity contribution in [3.05, 3.63) is 69.6 Å². The van der Waals surface area contributed by atoms with Gasteiger partial charge in [0.25, 0.3) is 0 Å². The van der Waals surface area contributed by atoms with E-state index in [1.54, 1.807) is 24.5 Å². The molecule has 36 heavy (non-hydrogen) atoms. The Morgan fingerprint density at radius 2 is 2.06 bits per heavy atom. The molecule has 0 saturated heterocycles. The average Bonchev–Trinajstić information content (AvgIpc) is 3.40. The quantitative estimate of drug-likeness (QED) is 0.242. The van der Waals surface area contributed by atoms with Gasteiger partial charge in [0.15, 0.2) is 0 Å². The highest BCUT2D eigenvalue weighted by molar-refractivity contribution is 7.15. The van der Waals surface area contributed by atoms with Gasteiger partial charge in [-0.15, -0.1) is 11.3 Å². The molecule has 3 heterocycles. The first-order valence-electron chi connectivity index (χ1n) is 12.1. The molecule has 0 spiro atoms. The van der Waals surface area contributed by atoms with E-state index in [1.807, 2.05) is 43.8 Å². The van der Waals surface area contributed by atoms with Crippen molar-refractivity contribution in [2.75, 3.05) is 0 Å². The molecule has 5 rings (SSSR count). The number of carbonyl (C=O) groups is 1. The van der Waals surface area contributed by atoms with Crippen molar-refractivity contribution in [3.8, 4) is 27.5 Å². The summed E-state index contributed by atoms with van der Waals surface area (Å²) < 4.78 is 2.04. The first-order valence-corrected chi connectivity index (χ1v) is 13.0.